The van der Waals surface area contributed by atoms with Gasteiger partial charge in [-0.15, -0.1) is 0 Å². The molecular weight excluding hydrogens is 270 g/mol. The molecule has 0 radical (unpaired) electrons. The van der Waals surface area contributed by atoms with Crippen molar-refractivity contribution in [1.29, 1.82) is 0 Å². The molecule has 1 aliphatic heterocycles. The van der Waals surface area contributed by atoms with Gasteiger partial charge < -0.3 is 9.80 Å². The van der Waals surface area contributed by atoms with E-state index in [0.29, 0.717) is 6.54 Å². The highest BCUT2D eigenvalue weighted by molar-refractivity contribution is 9.10. The van der Waals surface area contributed by atoms with Gasteiger partial charge in [0.2, 0.25) is 5.91 Å². The largest absolute Gasteiger partial charge is 0.347 e. The SMILES string of the molecule is CN1CCCN(c2cccc(Br)n2)CC1=O. The summed E-state index contributed by atoms with van der Waals surface area (Å²) in [5, 5.41) is 0. The molecule has 0 unspecified atom stereocenters. The number of hydrogen-bond acceptors (Lipinski definition) is 3. The van der Waals surface area contributed by atoms with E-state index in [1.165, 1.54) is 0 Å². The fourth-order valence-electron chi connectivity index (χ4n) is 1.76. The molecule has 0 bridgehead atoms. The van der Waals surface area contributed by atoms with Crippen LogP contribution in [0.3, 0.4) is 0 Å². The monoisotopic (exact) mass is 283 g/mol. The lowest BCUT2D eigenvalue weighted by molar-refractivity contribution is -0.127. The van der Waals surface area contributed by atoms with E-state index in [0.717, 1.165) is 29.9 Å². The van der Waals surface area contributed by atoms with Crippen LogP contribution < -0.4 is 4.90 Å². The number of anilines is 1. The second-order valence-electron chi connectivity index (χ2n) is 3.91. The van der Waals surface area contributed by atoms with E-state index in [1.54, 1.807) is 4.90 Å². The van der Waals surface area contributed by atoms with Gasteiger partial charge in [-0.3, -0.25) is 4.79 Å². The zero-order chi connectivity index (χ0) is 11.5. The average molecular weight is 284 g/mol. The van der Waals surface area contributed by atoms with Crippen LogP contribution in [0.15, 0.2) is 22.8 Å². The van der Waals surface area contributed by atoms with Crippen molar-refractivity contribution < 1.29 is 4.79 Å². The van der Waals surface area contributed by atoms with Gasteiger partial charge in [-0.2, -0.15) is 0 Å². The van der Waals surface area contributed by atoms with Crippen LogP contribution >= 0.6 is 15.9 Å². The van der Waals surface area contributed by atoms with Crippen LogP contribution in [0.2, 0.25) is 0 Å². The van der Waals surface area contributed by atoms with Crippen LogP contribution in [0.5, 0.6) is 0 Å². The molecule has 0 saturated carbocycles. The molecule has 16 heavy (non-hydrogen) atoms. The van der Waals surface area contributed by atoms with Gasteiger partial charge >= 0.3 is 0 Å². The second kappa shape index (κ2) is 4.82. The Morgan fingerprint density at radius 1 is 1.38 bits per heavy atom. The zero-order valence-electron chi connectivity index (χ0n) is 9.19. The van der Waals surface area contributed by atoms with Gasteiger partial charge in [0.15, 0.2) is 0 Å². The van der Waals surface area contributed by atoms with Gasteiger partial charge in [-0.1, -0.05) is 6.07 Å². The quantitative estimate of drug-likeness (QED) is 0.733. The first-order chi connectivity index (χ1) is 7.66. The van der Waals surface area contributed by atoms with E-state index in [9.17, 15) is 4.79 Å². The Bertz CT molecular complexity index is 397. The summed E-state index contributed by atoms with van der Waals surface area (Å²) in [6, 6.07) is 5.75. The third-order valence-corrected chi connectivity index (χ3v) is 3.14. The number of likely N-dealkylation sites (N-methyl/N-ethyl adjacent to an activating group) is 1. The van der Waals surface area contributed by atoms with Crippen LogP contribution in [0, 0.1) is 0 Å². The van der Waals surface area contributed by atoms with Crippen molar-refractivity contribution in [1.82, 2.24) is 9.88 Å². The van der Waals surface area contributed by atoms with Gasteiger partial charge in [0.1, 0.15) is 10.4 Å². The summed E-state index contributed by atoms with van der Waals surface area (Å²) in [6.07, 6.45) is 0.983. The standard InChI is InChI=1S/C11H14BrN3O/c1-14-6-3-7-15(8-11(14)16)10-5-2-4-9(12)13-10/h2,4-5H,3,6-8H2,1H3. The molecule has 1 fully saturated rings. The van der Waals surface area contributed by atoms with Crippen LogP contribution in [-0.4, -0.2) is 42.5 Å². The fraction of sp³-hybridized carbons (Fsp3) is 0.455. The van der Waals surface area contributed by atoms with Gasteiger partial charge in [-0.25, -0.2) is 4.98 Å². The summed E-state index contributed by atoms with van der Waals surface area (Å²) in [4.78, 5) is 19.9. The Hall–Kier alpha value is -1.10. The normalized spacial score (nSPS) is 17.5. The number of aromatic nitrogens is 1. The van der Waals surface area contributed by atoms with Gasteiger partial charge in [0, 0.05) is 20.1 Å². The van der Waals surface area contributed by atoms with E-state index in [1.807, 2.05) is 30.1 Å². The molecule has 1 saturated heterocycles. The second-order valence-corrected chi connectivity index (χ2v) is 4.72. The number of rotatable bonds is 1. The molecule has 4 nitrogen and oxygen atoms in total. The summed E-state index contributed by atoms with van der Waals surface area (Å²) in [5.74, 6) is 1.01. The Labute approximate surface area is 103 Å². The number of pyridine rings is 1. The van der Waals surface area contributed by atoms with E-state index in [2.05, 4.69) is 20.9 Å². The first-order valence-corrected chi connectivity index (χ1v) is 6.07. The highest BCUT2D eigenvalue weighted by atomic mass is 79.9. The molecule has 1 aromatic heterocycles. The molecule has 1 aromatic rings. The summed E-state index contributed by atoms with van der Waals surface area (Å²) < 4.78 is 0.801. The lowest BCUT2D eigenvalue weighted by atomic mass is 10.3. The number of carbonyl (C=O) groups is 1. The van der Waals surface area contributed by atoms with Crippen molar-refractivity contribution in [3.63, 3.8) is 0 Å². The summed E-state index contributed by atoms with van der Waals surface area (Å²) in [6.45, 7) is 2.11. The van der Waals surface area contributed by atoms with E-state index in [4.69, 9.17) is 0 Å². The average Bonchev–Trinajstić information content (AvgIpc) is 2.42. The Morgan fingerprint density at radius 2 is 2.19 bits per heavy atom. The number of amides is 1. The van der Waals surface area contributed by atoms with Crippen LogP contribution in [0.25, 0.3) is 0 Å². The van der Waals surface area contributed by atoms with Crippen molar-refractivity contribution in [3.8, 4) is 0 Å². The Kier molecular flexibility index (Phi) is 3.43. The lowest BCUT2D eigenvalue weighted by Gasteiger charge is -2.20. The number of carbonyl (C=O) groups excluding carboxylic acids is 1. The van der Waals surface area contributed by atoms with Crippen LogP contribution in [-0.2, 0) is 4.79 Å². The molecule has 0 spiro atoms. The predicted molar refractivity (Wildman–Crippen MR) is 66.4 cm³/mol. The molecule has 2 heterocycles. The Balaban J connectivity index is 2.18. The topological polar surface area (TPSA) is 36.4 Å². The van der Waals surface area contributed by atoms with Crippen LogP contribution in [0.4, 0.5) is 5.82 Å². The smallest absolute Gasteiger partial charge is 0.241 e. The van der Waals surface area contributed by atoms with Gasteiger partial charge in [0.05, 0.1) is 6.54 Å². The maximum atomic E-state index is 11.7. The summed E-state index contributed by atoms with van der Waals surface area (Å²) >= 11 is 3.34. The predicted octanol–water partition coefficient (Wildman–Crippen LogP) is 1.51. The Morgan fingerprint density at radius 3 is 2.94 bits per heavy atom. The molecule has 0 aromatic carbocycles. The van der Waals surface area contributed by atoms with E-state index >= 15 is 0 Å². The van der Waals surface area contributed by atoms with E-state index < -0.39 is 0 Å². The minimum absolute atomic E-state index is 0.152. The minimum atomic E-state index is 0.152. The molecule has 5 heteroatoms. The molecule has 0 aliphatic carbocycles. The lowest BCUT2D eigenvalue weighted by Crippen LogP contribution is -2.34. The van der Waals surface area contributed by atoms with Gasteiger partial charge in [0.25, 0.3) is 0 Å². The highest BCUT2D eigenvalue weighted by Crippen LogP contribution is 2.16. The summed E-state index contributed by atoms with van der Waals surface area (Å²) in [7, 11) is 1.85. The van der Waals surface area contributed by atoms with E-state index in [-0.39, 0.29) is 5.91 Å². The third-order valence-electron chi connectivity index (χ3n) is 2.70. The molecule has 1 aliphatic rings. The fourth-order valence-corrected chi connectivity index (χ4v) is 2.09. The van der Waals surface area contributed by atoms with Crippen molar-refractivity contribution in [2.75, 3.05) is 31.6 Å². The molecule has 1 amide bonds. The van der Waals surface area contributed by atoms with Gasteiger partial charge in [-0.05, 0) is 34.5 Å². The highest BCUT2D eigenvalue weighted by Gasteiger charge is 2.19. The van der Waals surface area contributed by atoms with Crippen molar-refractivity contribution >= 4 is 27.7 Å². The maximum Gasteiger partial charge on any atom is 0.241 e. The zero-order valence-corrected chi connectivity index (χ0v) is 10.8. The first kappa shape index (κ1) is 11.4. The molecule has 86 valence electrons. The van der Waals surface area contributed by atoms with Crippen LogP contribution in [0.1, 0.15) is 6.42 Å². The summed E-state index contributed by atoms with van der Waals surface area (Å²) in [5.41, 5.74) is 0. The molecule has 0 atom stereocenters. The number of halogens is 1. The molecule has 0 N–H and O–H groups in total. The van der Waals surface area contributed by atoms with Crippen molar-refractivity contribution in [3.05, 3.63) is 22.8 Å². The molecule has 2 rings (SSSR count). The number of nitrogens with zero attached hydrogens (tertiary/aromatic N) is 3. The van der Waals surface area contributed by atoms with Crippen molar-refractivity contribution in [2.24, 2.45) is 0 Å². The van der Waals surface area contributed by atoms with Crippen molar-refractivity contribution in [2.45, 2.75) is 6.42 Å². The first-order valence-electron chi connectivity index (χ1n) is 5.28. The number of hydrogen-bond donors (Lipinski definition) is 0. The maximum absolute atomic E-state index is 11.7. The third kappa shape index (κ3) is 2.52. The molecular formula is C11H14BrN3O. The minimum Gasteiger partial charge on any atom is -0.347 e.